The minimum Gasteiger partial charge on any atom is -0.296 e. The minimum absolute atomic E-state index is 0.261. The van der Waals surface area contributed by atoms with Gasteiger partial charge in [0.1, 0.15) is 0 Å². The summed E-state index contributed by atoms with van der Waals surface area (Å²) in [6.45, 7) is 0. The predicted octanol–water partition coefficient (Wildman–Crippen LogP) is 1.35. The van der Waals surface area contributed by atoms with Crippen LogP contribution in [0.2, 0.25) is 0 Å². The monoisotopic (exact) mass is 277 g/mol. The van der Waals surface area contributed by atoms with E-state index in [1.807, 2.05) is 18.2 Å². The highest BCUT2D eigenvalue weighted by Crippen LogP contribution is 2.20. The lowest BCUT2D eigenvalue weighted by Gasteiger charge is -2.10. The number of allylic oxidation sites excluding steroid dienone is 2. The van der Waals surface area contributed by atoms with Crippen molar-refractivity contribution < 1.29 is 9.00 Å². The van der Waals surface area contributed by atoms with Crippen molar-refractivity contribution in [3.8, 4) is 0 Å². The van der Waals surface area contributed by atoms with Gasteiger partial charge in [0.15, 0.2) is 6.29 Å². The summed E-state index contributed by atoms with van der Waals surface area (Å²) in [5.74, 6) is 0. The van der Waals surface area contributed by atoms with Crippen molar-refractivity contribution in [1.29, 1.82) is 0 Å². The highest BCUT2D eigenvalue weighted by atomic mass is 32.2. The number of aromatic nitrogens is 1. The molecule has 1 unspecified atom stereocenters. The normalized spacial score (nSPS) is 19.0. The van der Waals surface area contributed by atoms with Gasteiger partial charge in [-0.25, -0.2) is 9.19 Å². The minimum atomic E-state index is -1.60. The van der Waals surface area contributed by atoms with Crippen LogP contribution >= 0.6 is 11.3 Å². The summed E-state index contributed by atoms with van der Waals surface area (Å²) in [6.07, 6.45) is 2.19. The zero-order chi connectivity index (χ0) is 12.5. The van der Waals surface area contributed by atoms with Gasteiger partial charge in [0, 0.05) is 5.56 Å². The van der Waals surface area contributed by atoms with Crippen LogP contribution in [0.25, 0.3) is 10.2 Å². The average molecular weight is 277 g/mol. The number of aldehydes is 1. The van der Waals surface area contributed by atoms with E-state index in [4.69, 9.17) is 0 Å². The fourth-order valence-corrected chi connectivity index (χ4v) is 2.98. The third kappa shape index (κ3) is 1.98. The Morgan fingerprint density at radius 3 is 3.11 bits per heavy atom. The first kappa shape index (κ1) is 11.2. The average Bonchev–Trinajstić information content (AvgIpc) is 2.85. The van der Waals surface area contributed by atoms with E-state index in [0.717, 1.165) is 15.8 Å². The van der Waals surface area contributed by atoms with Crippen LogP contribution in [0, 0.1) is 0 Å². The molecule has 1 atom stereocenters. The van der Waals surface area contributed by atoms with Crippen molar-refractivity contribution in [3.05, 3.63) is 41.0 Å². The highest BCUT2D eigenvalue weighted by Gasteiger charge is 2.13. The second-order valence-electron chi connectivity index (χ2n) is 3.58. The van der Waals surface area contributed by atoms with Gasteiger partial charge in [-0.15, -0.1) is 11.3 Å². The number of hydrogen-bond acceptors (Lipinski definition) is 4. The molecular formula is C11H7N3O2S2. The fourth-order valence-electron chi connectivity index (χ4n) is 1.63. The van der Waals surface area contributed by atoms with Crippen LogP contribution in [0.1, 0.15) is 5.56 Å². The molecule has 7 heteroatoms. The van der Waals surface area contributed by atoms with Crippen LogP contribution in [0.5, 0.6) is 0 Å². The van der Waals surface area contributed by atoms with Crippen LogP contribution < -0.4 is 4.72 Å². The van der Waals surface area contributed by atoms with Crippen LogP contribution in [0.4, 0.5) is 0 Å². The number of hydrogen-bond donors (Lipinski definition) is 1. The summed E-state index contributed by atoms with van der Waals surface area (Å²) in [5.41, 5.74) is 4.21. The largest absolute Gasteiger partial charge is 0.296 e. The third-order valence-corrected chi connectivity index (χ3v) is 4.01. The summed E-state index contributed by atoms with van der Waals surface area (Å²) in [6, 6.07) is 5.68. The summed E-state index contributed by atoms with van der Waals surface area (Å²) in [5, 5.41) is 0. The molecule has 5 nitrogen and oxygen atoms in total. The van der Waals surface area contributed by atoms with Gasteiger partial charge in [0.25, 0.3) is 0 Å². The van der Waals surface area contributed by atoms with Gasteiger partial charge < -0.3 is 0 Å². The second kappa shape index (κ2) is 4.43. The van der Waals surface area contributed by atoms with Crippen molar-refractivity contribution in [2.24, 2.45) is 4.40 Å². The molecular weight excluding hydrogens is 270 g/mol. The molecule has 1 aliphatic heterocycles. The lowest BCUT2D eigenvalue weighted by Crippen LogP contribution is -2.22. The number of nitrogens with one attached hydrogen (secondary N) is 1. The van der Waals surface area contributed by atoms with Crippen molar-refractivity contribution in [1.82, 2.24) is 9.71 Å². The first-order valence-electron chi connectivity index (χ1n) is 5.04. The SMILES string of the molecule is O=CC1=CC(c2ccc3scnc3c2)=NS(=O)N1. The maximum atomic E-state index is 11.4. The second-order valence-corrected chi connectivity index (χ2v) is 5.35. The van der Waals surface area contributed by atoms with E-state index in [0.29, 0.717) is 12.0 Å². The maximum absolute atomic E-state index is 11.4. The molecule has 0 spiro atoms. The van der Waals surface area contributed by atoms with E-state index < -0.39 is 11.2 Å². The van der Waals surface area contributed by atoms with Gasteiger partial charge >= 0.3 is 0 Å². The van der Waals surface area contributed by atoms with Gasteiger partial charge in [-0.2, -0.15) is 4.40 Å². The number of fused-ring (bicyclic) bond motifs is 1. The Morgan fingerprint density at radius 2 is 2.28 bits per heavy atom. The van der Waals surface area contributed by atoms with E-state index >= 15 is 0 Å². The van der Waals surface area contributed by atoms with E-state index in [1.165, 1.54) is 0 Å². The Balaban J connectivity index is 2.10. The highest BCUT2D eigenvalue weighted by molar-refractivity contribution is 7.82. The molecule has 90 valence electrons. The molecule has 1 aromatic heterocycles. The molecule has 1 aromatic carbocycles. The molecule has 0 radical (unpaired) electrons. The van der Waals surface area contributed by atoms with E-state index in [2.05, 4.69) is 14.1 Å². The zero-order valence-corrected chi connectivity index (χ0v) is 10.6. The first-order chi connectivity index (χ1) is 8.76. The number of carbonyl (C=O) groups excluding carboxylic acids is 1. The van der Waals surface area contributed by atoms with Gasteiger partial charge in [-0.1, -0.05) is 6.07 Å². The van der Waals surface area contributed by atoms with E-state index in [1.54, 1.807) is 22.9 Å². The molecule has 0 bridgehead atoms. The first-order valence-corrected chi connectivity index (χ1v) is 7.02. The quantitative estimate of drug-likeness (QED) is 0.842. The summed E-state index contributed by atoms with van der Waals surface area (Å²) in [4.78, 5) is 14.9. The molecule has 2 heterocycles. The number of carbonyl (C=O) groups is 1. The molecule has 18 heavy (non-hydrogen) atoms. The van der Waals surface area contributed by atoms with Crippen LogP contribution in [-0.2, 0) is 16.0 Å². The van der Waals surface area contributed by atoms with Crippen molar-refractivity contribution in [3.63, 3.8) is 0 Å². The Labute approximate surface area is 109 Å². The molecule has 1 aliphatic rings. The number of benzene rings is 1. The van der Waals surface area contributed by atoms with Gasteiger partial charge in [-0.05, 0) is 18.2 Å². The Hall–Kier alpha value is -1.86. The molecule has 0 fully saturated rings. The lowest BCUT2D eigenvalue weighted by molar-refractivity contribution is -0.105. The molecule has 0 saturated carbocycles. The Kier molecular flexibility index (Phi) is 2.77. The van der Waals surface area contributed by atoms with Gasteiger partial charge in [0.05, 0.1) is 27.1 Å². The van der Waals surface area contributed by atoms with Crippen molar-refractivity contribution >= 4 is 44.7 Å². The topological polar surface area (TPSA) is 71.4 Å². The number of rotatable bonds is 2. The molecule has 0 amide bonds. The lowest BCUT2D eigenvalue weighted by atomic mass is 10.1. The maximum Gasteiger partial charge on any atom is 0.243 e. The molecule has 2 aromatic rings. The standard InChI is InChI=1S/C11H7N3O2S2/c15-5-8-4-9(14-18(16)13-8)7-1-2-11-10(3-7)12-6-17-11/h1-6,13H. The Bertz CT molecular complexity index is 718. The van der Waals surface area contributed by atoms with Crippen LogP contribution in [0.15, 0.2) is 39.9 Å². The molecule has 3 rings (SSSR count). The summed E-state index contributed by atoms with van der Waals surface area (Å²) < 4.78 is 18.9. The third-order valence-electron chi connectivity index (χ3n) is 2.43. The molecule has 0 saturated heterocycles. The number of thiazole rings is 1. The summed E-state index contributed by atoms with van der Waals surface area (Å²) >= 11 is -0.0508. The Morgan fingerprint density at radius 1 is 1.39 bits per heavy atom. The van der Waals surface area contributed by atoms with E-state index in [9.17, 15) is 9.00 Å². The van der Waals surface area contributed by atoms with Crippen molar-refractivity contribution in [2.45, 2.75) is 0 Å². The smallest absolute Gasteiger partial charge is 0.243 e. The molecule has 1 N–H and O–H groups in total. The number of nitrogens with zero attached hydrogens (tertiary/aromatic N) is 2. The van der Waals surface area contributed by atoms with Crippen molar-refractivity contribution in [2.75, 3.05) is 0 Å². The van der Waals surface area contributed by atoms with Crippen LogP contribution in [0.3, 0.4) is 0 Å². The molecule has 0 aliphatic carbocycles. The van der Waals surface area contributed by atoms with Gasteiger partial charge in [-0.3, -0.25) is 9.52 Å². The van der Waals surface area contributed by atoms with Crippen LogP contribution in [-0.4, -0.2) is 21.2 Å². The van der Waals surface area contributed by atoms with Gasteiger partial charge in [0.2, 0.25) is 11.2 Å². The predicted molar refractivity (Wildman–Crippen MR) is 71.6 cm³/mol. The zero-order valence-electron chi connectivity index (χ0n) is 8.99. The fraction of sp³-hybridized carbons (Fsp3) is 0. The summed E-state index contributed by atoms with van der Waals surface area (Å²) in [7, 11) is 0. The van der Waals surface area contributed by atoms with E-state index in [-0.39, 0.29) is 5.70 Å².